The highest BCUT2D eigenvalue weighted by atomic mass is 15.2. The van der Waals surface area contributed by atoms with E-state index in [-0.39, 0.29) is 0 Å². The largest absolute Gasteiger partial charge is 0.231 e. The Kier molecular flexibility index (Phi) is 7.06. The predicted octanol–water partition coefficient (Wildman–Crippen LogP) is 10.7. The monoisotopic (exact) mass is 627 g/mol. The molecule has 5 nitrogen and oxygen atoms in total. The lowest BCUT2D eigenvalue weighted by molar-refractivity contribution is 0.979. The van der Waals surface area contributed by atoms with Crippen molar-refractivity contribution in [3.63, 3.8) is 0 Å². The van der Waals surface area contributed by atoms with Gasteiger partial charge in [-0.3, -0.25) is 0 Å². The molecule has 0 amide bonds. The maximum absolute atomic E-state index is 5.37. The maximum Gasteiger partial charge on any atom is 0.164 e. The van der Waals surface area contributed by atoms with Gasteiger partial charge in [0.25, 0.3) is 0 Å². The third-order valence-electron chi connectivity index (χ3n) is 8.85. The van der Waals surface area contributed by atoms with E-state index in [1.165, 1.54) is 0 Å². The summed E-state index contributed by atoms with van der Waals surface area (Å²) in [4.78, 5) is 15.0. The lowest BCUT2D eigenvalue weighted by Gasteiger charge is -2.12. The number of pyridine rings is 1. The minimum absolute atomic E-state index is 0.613. The normalized spacial score (nSPS) is 11.3. The summed E-state index contributed by atoms with van der Waals surface area (Å²) in [5.41, 5.74) is 10.0. The molecule has 0 unspecified atom stereocenters. The zero-order valence-corrected chi connectivity index (χ0v) is 26.5. The van der Waals surface area contributed by atoms with Crippen LogP contribution in [-0.2, 0) is 0 Å². The molecule has 49 heavy (non-hydrogen) atoms. The van der Waals surface area contributed by atoms with E-state index in [4.69, 9.17) is 20.1 Å². The van der Waals surface area contributed by atoms with Crippen molar-refractivity contribution in [2.45, 2.75) is 0 Å². The van der Waals surface area contributed by atoms with Crippen LogP contribution in [0.2, 0.25) is 0 Å². The van der Waals surface area contributed by atoms with Gasteiger partial charge in [-0.25, -0.2) is 19.5 Å². The molecule has 9 rings (SSSR count). The predicted molar refractivity (Wildman–Crippen MR) is 199 cm³/mol. The van der Waals surface area contributed by atoms with Crippen LogP contribution >= 0.6 is 0 Å². The molecule has 0 saturated carbocycles. The van der Waals surface area contributed by atoms with Gasteiger partial charge in [-0.15, -0.1) is 0 Å². The Morgan fingerprint density at radius 1 is 0.367 bits per heavy atom. The quantitative estimate of drug-likeness (QED) is 0.184. The van der Waals surface area contributed by atoms with Gasteiger partial charge in [0.05, 0.1) is 11.2 Å². The van der Waals surface area contributed by atoms with E-state index in [9.17, 15) is 0 Å². The first-order valence-electron chi connectivity index (χ1n) is 16.3. The molecule has 0 fully saturated rings. The molecule has 0 atom stereocenters. The van der Waals surface area contributed by atoms with Crippen LogP contribution in [0.3, 0.4) is 0 Å². The fraction of sp³-hybridized carbons (Fsp3) is 0. The molecule has 5 heteroatoms. The summed E-state index contributed by atoms with van der Waals surface area (Å²) in [7, 11) is 0. The molecule has 0 radical (unpaired) electrons. The second-order valence-electron chi connectivity index (χ2n) is 12.0. The number of hydrogen-bond donors (Lipinski definition) is 0. The first-order valence-corrected chi connectivity index (χ1v) is 16.3. The third kappa shape index (κ3) is 5.24. The van der Waals surface area contributed by atoms with E-state index < -0.39 is 0 Å². The molecule has 0 aliphatic rings. The Bertz CT molecular complexity index is 2520. The highest BCUT2D eigenvalue weighted by Crippen LogP contribution is 2.41. The lowest BCUT2D eigenvalue weighted by atomic mass is 9.95. The van der Waals surface area contributed by atoms with E-state index in [0.29, 0.717) is 17.5 Å². The molecule has 0 aliphatic carbocycles. The smallest absolute Gasteiger partial charge is 0.164 e. The zero-order valence-electron chi connectivity index (χ0n) is 26.5. The number of benzene rings is 6. The molecule has 9 aromatic rings. The molecule has 0 bridgehead atoms. The molecule has 0 spiro atoms. The van der Waals surface area contributed by atoms with Crippen LogP contribution in [0.4, 0.5) is 0 Å². The molecule has 230 valence electrons. The topological polar surface area (TPSA) is 56.0 Å². The summed E-state index contributed by atoms with van der Waals surface area (Å²) in [6.07, 6.45) is 0. The first-order chi connectivity index (χ1) is 24.3. The van der Waals surface area contributed by atoms with Crippen molar-refractivity contribution < 1.29 is 0 Å². The first kappa shape index (κ1) is 28.5. The number of fused-ring (bicyclic) bond motifs is 3. The Labute approximate surface area is 283 Å². The highest BCUT2D eigenvalue weighted by molar-refractivity contribution is 6.08. The van der Waals surface area contributed by atoms with E-state index >= 15 is 0 Å². The van der Waals surface area contributed by atoms with Crippen molar-refractivity contribution in [3.05, 3.63) is 176 Å². The van der Waals surface area contributed by atoms with Gasteiger partial charge >= 0.3 is 0 Å². The van der Waals surface area contributed by atoms with Crippen LogP contribution < -0.4 is 0 Å². The molecule has 0 N–H and O–H groups in total. The van der Waals surface area contributed by atoms with Crippen molar-refractivity contribution in [1.29, 1.82) is 0 Å². The highest BCUT2D eigenvalue weighted by Gasteiger charge is 2.22. The van der Waals surface area contributed by atoms with Gasteiger partial charge in [-0.1, -0.05) is 164 Å². The van der Waals surface area contributed by atoms with E-state index in [1.54, 1.807) is 0 Å². The van der Waals surface area contributed by atoms with Gasteiger partial charge in [0, 0.05) is 38.8 Å². The van der Waals surface area contributed by atoms with Crippen LogP contribution in [0.15, 0.2) is 176 Å². The van der Waals surface area contributed by atoms with Crippen molar-refractivity contribution in [3.8, 4) is 67.8 Å². The molecular weight excluding hydrogens is 599 g/mol. The van der Waals surface area contributed by atoms with Crippen molar-refractivity contribution >= 4 is 16.3 Å². The third-order valence-corrected chi connectivity index (χ3v) is 8.85. The fourth-order valence-electron chi connectivity index (χ4n) is 6.53. The van der Waals surface area contributed by atoms with Crippen LogP contribution in [0.1, 0.15) is 0 Å². The average Bonchev–Trinajstić information content (AvgIpc) is 3.60. The molecule has 0 aliphatic heterocycles. The van der Waals surface area contributed by atoms with Gasteiger partial charge in [0.1, 0.15) is 5.69 Å². The molecule has 6 aromatic carbocycles. The molecule has 3 aromatic heterocycles. The van der Waals surface area contributed by atoms with Crippen molar-refractivity contribution in [2.75, 3.05) is 0 Å². The van der Waals surface area contributed by atoms with Gasteiger partial charge in [-0.2, -0.15) is 5.10 Å². The van der Waals surface area contributed by atoms with Crippen molar-refractivity contribution in [2.24, 2.45) is 0 Å². The molecule has 0 saturated heterocycles. The van der Waals surface area contributed by atoms with Crippen molar-refractivity contribution in [1.82, 2.24) is 24.6 Å². The summed E-state index contributed by atoms with van der Waals surface area (Å²) < 4.78 is 2.12. The van der Waals surface area contributed by atoms with Crippen LogP contribution in [0, 0.1) is 0 Å². The molecular formula is C44H29N5. The van der Waals surface area contributed by atoms with E-state index in [2.05, 4.69) is 108 Å². The standard InChI is InChI=1S/C44H29N5/c1-5-16-30(17-6-1)38-29-34-24-13-14-27-37(34)41-39(40(48-49(38)41)31-18-7-2-8-19-31)35-25-15-26-36(28-35)44-46-42(32-20-9-3-10-21-32)45-43(47-44)33-22-11-4-12-23-33/h1-29H. The van der Waals surface area contributed by atoms with Gasteiger partial charge < -0.3 is 0 Å². The lowest BCUT2D eigenvalue weighted by Crippen LogP contribution is -2.00. The summed E-state index contributed by atoms with van der Waals surface area (Å²) in [6.45, 7) is 0. The van der Waals surface area contributed by atoms with E-state index in [0.717, 1.165) is 66.6 Å². The van der Waals surface area contributed by atoms with Gasteiger partial charge in [0.15, 0.2) is 17.5 Å². The van der Waals surface area contributed by atoms with Crippen LogP contribution in [0.25, 0.3) is 84.1 Å². The second kappa shape index (κ2) is 12.1. The van der Waals surface area contributed by atoms with Gasteiger partial charge in [0.2, 0.25) is 0 Å². The maximum atomic E-state index is 5.37. The van der Waals surface area contributed by atoms with Crippen LogP contribution in [-0.4, -0.2) is 24.6 Å². The van der Waals surface area contributed by atoms with E-state index in [1.807, 2.05) is 72.8 Å². The summed E-state index contributed by atoms with van der Waals surface area (Å²) in [5.74, 6) is 1.88. The Morgan fingerprint density at radius 3 is 1.45 bits per heavy atom. The summed E-state index contributed by atoms with van der Waals surface area (Å²) >= 11 is 0. The zero-order chi connectivity index (χ0) is 32.6. The second-order valence-corrected chi connectivity index (χ2v) is 12.0. The molecule has 3 heterocycles. The average molecular weight is 628 g/mol. The Hall–Kier alpha value is -6.72. The minimum Gasteiger partial charge on any atom is -0.231 e. The summed E-state index contributed by atoms with van der Waals surface area (Å²) in [6, 6.07) is 60.4. The number of hydrogen-bond acceptors (Lipinski definition) is 4. The SMILES string of the molecule is c1ccc(-c2nc(-c3ccccc3)nc(-c3cccc(-c4c(-c5ccccc5)nn5c(-c6ccccc6)cc6ccccc6c45)c3)n2)cc1. The number of aromatic nitrogens is 5. The summed E-state index contributed by atoms with van der Waals surface area (Å²) in [5, 5.41) is 7.66. The van der Waals surface area contributed by atoms with Crippen LogP contribution in [0.5, 0.6) is 0 Å². The fourth-order valence-corrected chi connectivity index (χ4v) is 6.53. The Balaban J connectivity index is 1.31. The minimum atomic E-state index is 0.613. The Morgan fingerprint density at radius 2 is 0.837 bits per heavy atom. The number of nitrogens with zero attached hydrogens (tertiary/aromatic N) is 5. The number of rotatable bonds is 6. The van der Waals surface area contributed by atoms with Gasteiger partial charge in [-0.05, 0) is 23.1 Å².